The summed E-state index contributed by atoms with van der Waals surface area (Å²) in [6.07, 6.45) is 5.33. The normalized spacial score (nSPS) is 10.3. The number of anilines is 2. The Morgan fingerprint density at radius 3 is 2.74 bits per heavy atom. The molecule has 0 saturated heterocycles. The lowest BCUT2D eigenvalue weighted by atomic mass is 10.2. The number of carbonyl (C=O) groups excluding carboxylic acids is 1. The molecule has 0 saturated carbocycles. The van der Waals surface area contributed by atoms with Crippen molar-refractivity contribution < 1.29 is 4.79 Å². The van der Waals surface area contributed by atoms with Crippen molar-refractivity contribution in [2.75, 3.05) is 11.2 Å². The molecule has 8 heteroatoms. The molecule has 3 rings (SSSR count). The van der Waals surface area contributed by atoms with Crippen LogP contribution in [0.25, 0.3) is 0 Å². The number of aromatic nitrogens is 2. The van der Waals surface area contributed by atoms with Gasteiger partial charge in [0.15, 0.2) is 5.13 Å². The lowest BCUT2D eigenvalue weighted by Gasteiger charge is -2.22. The predicted molar refractivity (Wildman–Crippen MR) is 109 cm³/mol. The van der Waals surface area contributed by atoms with Gasteiger partial charge in [-0.15, -0.1) is 11.3 Å². The molecular weight excluding hydrogens is 378 g/mol. The van der Waals surface area contributed by atoms with Gasteiger partial charge < -0.3 is 4.90 Å². The number of carbonyl (C=O) groups is 1. The molecule has 0 radical (unpaired) electrons. The topological polar surface area (TPSA) is 81.9 Å². The molecule has 136 valence electrons. The molecule has 0 spiro atoms. The van der Waals surface area contributed by atoms with Crippen molar-refractivity contribution in [1.82, 2.24) is 14.7 Å². The summed E-state index contributed by atoms with van der Waals surface area (Å²) in [5.74, 6) is -0.205. The number of rotatable bonds is 6. The van der Waals surface area contributed by atoms with Crippen LogP contribution in [0.1, 0.15) is 26.5 Å². The number of hydrogen-bond acceptors (Lipinski definition) is 7. The number of amides is 1. The van der Waals surface area contributed by atoms with E-state index in [1.54, 1.807) is 30.8 Å². The van der Waals surface area contributed by atoms with E-state index in [-0.39, 0.29) is 5.91 Å². The zero-order valence-electron chi connectivity index (χ0n) is 14.8. The monoisotopic (exact) mass is 395 g/mol. The molecule has 0 aliphatic heterocycles. The van der Waals surface area contributed by atoms with Crippen LogP contribution in [-0.4, -0.2) is 22.1 Å². The Hall–Kier alpha value is -2.89. The molecule has 0 fully saturated rings. The van der Waals surface area contributed by atoms with Gasteiger partial charge in [0, 0.05) is 29.2 Å². The van der Waals surface area contributed by atoms with E-state index >= 15 is 0 Å². The summed E-state index contributed by atoms with van der Waals surface area (Å²) < 4.78 is 2.72. The van der Waals surface area contributed by atoms with Crippen LogP contribution in [0.5, 0.6) is 0 Å². The largest absolute Gasteiger partial charge is 0.313 e. The molecule has 0 atom stereocenters. The van der Waals surface area contributed by atoms with E-state index in [0.29, 0.717) is 22.9 Å². The summed E-state index contributed by atoms with van der Waals surface area (Å²) in [5.41, 5.74) is 2.93. The molecule has 0 aliphatic rings. The molecule has 0 bridgehead atoms. The first-order chi connectivity index (χ1) is 13.1. The predicted octanol–water partition coefficient (Wildman–Crippen LogP) is 4.06. The maximum absolute atomic E-state index is 12.2. The van der Waals surface area contributed by atoms with Crippen molar-refractivity contribution in [3.05, 3.63) is 70.5 Å². The third-order valence-corrected chi connectivity index (χ3v) is 5.18. The van der Waals surface area contributed by atoms with Gasteiger partial charge in [-0.25, -0.2) is 4.98 Å². The van der Waals surface area contributed by atoms with Crippen molar-refractivity contribution in [3.63, 3.8) is 0 Å². The van der Waals surface area contributed by atoms with Crippen LogP contribution >= 0.6 is 23.3 Å². The molecule has 0 unspecified atom stereocenters. The van der Waals surface area contributed by atoms with Crippen LogP contribution < -0.4 is 9.62 Å². The molecule has 1 aromatic carbocycles. The third kappa shape index (κ3) is 4.45. The fourth-order valence-corrected chi connectivity index (χ4v) is 3.72. The molecule has 1 amide bonds. The van der Waals surface area contributed by atoms with E-state index in [4.69, 9.17) is 5.26 Å². The van der Waals surface area contributed by atoms with Crippen molar-refractivity contribution in [2.45, 2.75) is 13.5 Å². The van der Waals surface area contributed by atoms with Gasteiger partial charge in [0.1, 0.15) is 5.69 Å². The Morgan fingerprint density at radius 2 is 2.11 bits per heavy atom. The van der Waals surface area contributed by atoms with Crippen molar-refractivity contribution in [2.24, 2.45) is 0 Å². The van der Waals surface area contributed by atoms with E-state index in [0.717, 1.165) is 16.1 Å². The van der Waals surface area contributed by atoms with E-state index in [1.807, 2.05) is 36.1 Å². The smallest absolute Gasteiger partial charge is 0.280 e. The minimum absolute atomic E-state index is 0.205. The first-order valence-electron chi connectivity index (χ1n) is 8.09. The quantitative estimate of drug-likeness (QED) is 0.634. The highest BCUT2D eigenvalue weighted by Crippen LogP contribution is 2.33. The minimum Gasteiger partial charge on any atom is -0.313 e. The standard InChI is InChI=1S/C19H17N5OS2/c1-13-17(18(25)23-26-2)22-19(27-13)24(12-15-4-3-9-21-11-15)16-7-5-14(10-20)6-8-16/h3-9,11H,12H2,1-2H3,(H,23,25). The van der Waals surface area contributed by atoms with Crippen LogP contribution in [0, 0.1) is 18.3 Å². The molecule has 2 heterocycles. The van der Waals surface area contributed by atoms with Gasteiger partial charge in [-0.3, -0.25) is 14.5 Å². The summed E-state index contributed by atoms with van der Waals surface area (Å²) in [6.45, 7) is 2.44. The maximum atomic E-state index is 12.2. The SMILES string of the molecule is CSNC(=O)c1nc(N(Cc2cccnc2)c2ccc(C#N)cc2)sc1C. The lowest BCUT2D eigenvalue weighted by Crippen LogP contribution is -2.19. The van der Waals surface area contributed by atoms with Gasteiger partial charge in [-0.2, -0.15) is 5.26 Å². The van der Waals surface area contributed by atoms with Crippen LogP contribution in [-0.2, 0) is 6.54 Å². The number of nitrogens with zero attached hydrogens (tertiary/aromatic N) is 4. The van der Waals surface area contributed by atoms with E-state index < -0.39 is 0 Å². The van der Waals surface area contributed by atoms with Crippen LogP contribution in [0.4, 0.5) is 10.8 Å². The molecule has 0 aliphatic carbocycles. The van der Waals surface area contributed by atoms with Crippen molar-refractivity contribution in [1.29, 1.82) is 5.26 Å². The Balaban J connectivity index is 2.00. The number of benzene rings is 1. The summed E-state index contributed by atoms with van der Waals surface area (Å²) in [5, 5.41) is 9.76. The second-order valence-electron chi connectivity index (χ2n) is 5.64. The number of nitriles is 1. The number of pyridine rings is 1. The summed E-state index contributed by atoms with van der Waals surface area (Å²) in [4.78, 5) is 23.8. The second-order valence-corrected chi connectivity index (χ2v) is 7.44. The molecule has 1 N–H and O–H groups in total. The maximum Gasteiger partial charge on any atom is 0.280 e. The molecule has 27 heavy (non-hydrogen) atoms. The fourth-order valence-electron chi connectivity index (χ4n) is 2.51. The first-order valence-corrected chi connectivity index (χ1v) is 10.1. The number of aryl methyl sites for hydroxylation is 1. The molecular formula is C19H17N5OS2. The number of hydrogen-bond donors (Lipinski definition) is 1. The third-order valence-electron chi connectivity index (χ3n) is 3.80. The van der Waals surface area contributed by atoms with Gasteiger partial charge in [-0.1, -0.05) is 18.0 Å². The van der Waals surface area contributed by atoms with Gasteiger partial charge in [0.2, 0.25) is 0 Å². The van der Waals surface area contributed by atoms with E-state index in [1.165, 1.54) is 23.3 Å². The van der Waals surface area contributed by atoms with Crippen LogP contribution in [0.15, 0.2) is 48.8 Å². The van der Waals surface area contributed by atoms with Gasteiger partial charge in [0.05, 0.1) is 18.2 Å². The van der Waals surface area contributed by atoms with Crippen LogP contribution in [0.3, 0.4) is 0 Å². The van der Waals surface area contributed by atoms with E-state index in [9.17, 15) is 4.79 Å². The average molecular weight is 396 g/mol. The lowest BCUT2D eigenvalue weighted by molar-refractivity contribution is 0.0980. The highest BCUT2D eigenvalue weighted by Gasteiger charge is 2.20. The van der Waals surface area contributed by atoms with Crippen molar-refractivity contribution in [3.8, 4) is 6.07 Å². The summed E-state index contributed by atoms with van der Waals surface area (Å²) in [7, 11) is 0. The van der Waals surface area contributed by atoms with Crippen LogP contribution in [0.2, 0.25) is 0 Å². The van der Waals surface area contributed by atoms with Gasteiger partial charge >= 0.3 is 0 Å². The highest BCUT2D eigenvalue weighted by atomic mass is 32.2. The Labute approximate surface area is 166 Å². The second kappa shape index (κ2) is 8.66. The minimum atomic E-state index is -0.205. The zero-order valence-corrected chi connectivity index (χ0v) is 16.5. The molecule has 3 aromatic rings. The summed E-state index contributed by atoms with van der Waals surface area (Å²) in [6, 6.07) is 13.3. The zero-order chi connectivity index (χ0) is 19.2. The Kier molecular flexibility index (Phi) is 6.06. The average Bonchev–Trinajstić information content (AvgIpc) is 3.09. The molecule has 6 nitrogen and oxygen atoms in total. The number of nitrogens with one attached hydrogen (secondary N) is 1. The first kappa shape index (κ1) is 18.9. The fraction of sp³-hybridized carbons (Fsp3) is 0.158. The Morgan fingerprint density at radius 1 is 1.33 bits per heavy atom. The molecule has 2 aromatic heterocycles. The van der Waals surface area contributed by atoms with Gasteiger partial charge in [0.25, 0.3) is 5.91 Å². The number of thiazole rings is 1. The Bertz CT molecular complexity index is 964. The van der Waals surface area contributed by atoms with Gasteiger partial charge in [-0.05, 0) is 42.8 Å². The highest BCUT2D eigenvalue weighted by molar-refractivity contribution is 7.97. The van der Waals surface area contributed by atoms with E-state index in [2.05, 4.69) is 20.8 Å². The summed E-state index contributed by atoms with van der Waals surface area (Å²) >= 11 is 2.71. The van der Waals surface area contributed by atoms with Crippen molar-refractivity contribution >= 4 is 40.0 Å².